The number of carbonyl (C=O) groups is 8. The lowest BCUT2D eigenvalue weighted by Crippen LogP contribution is -2.55. The molecule has 0 radical (unpaired) electrons. The van der Waals surface area contributed by atoms with Crippen molar-refractivity contribution >= 4 is 48.0 Å². The Balaban J connectivity index is 0.00000145. The van der Waals surface area contributed by atoms with E-state index in [-0.39, 0.29) is 98.8 Å². The van der Waals surface area contributed by atoms with Gasteiger partial charge in [-0.3, -0.25) is 9.59 Å². The van der Waals surface area contributed by atoms with Crippen molar-refractivity contribution in [3.63, 3.8) is 0 Å². The maximum absolute atomic E-state index is 12.7. The van der Waals surface area contributed by atoms with Crippen LogP contribution >= 0.6 is 0 Å². The van der Waals surface area contributed by atoms with Gasteiger partial charge in [-0.2, -0.15) is 0 Å². The summed E-state index contributed by atoms with van der Waals surface area (Å²) in [5.74, 6) is -0.469. The number of aliphatic hydroxyl groups is 1. The number of aromatic hydroxyl groups is 2. The summed E-state index contributed by atoms with van der Waals surface area (Å²) in [4.78, 5) is 92.6. The zero-order valence-corrected chi connectivity index (χ0v) is 48.1. The first-order valence-electron chi connectivity index (χ1n) is 26.6. The first-order chi connectivity index (χ1) is 38.7. The van der Waals surface area contributed by atoms with Crippen LogP contribution in [0.5, 0.6) is 11.5 Å². The van der Waals surface area contributed by atoms with Gasteiger partial charge < -0.3 is 114 Å². The normalized spacial score (nSPS) is 13.2. The molecule has 0 saturated carbocycles. The molecule has 0 aromatic heterocycles. The van der Waals surface area contributed by atoms with Crippen LogP contribution < -0.4 is 98.2 Å². The van der Waals surface area contributed by atoms with E-state index in [9.17, 15) is 48.6 Å². The largest absolute Gasteiger partial charge is 0.508 e. The van der Waals surface area contributed by atoms with Crippen LogP contribution in [-0.4, -0.2) is 171 Å². The van der Waals surface area contributed by atoms with Gasteiger partial charge in [0.1, 0.15) is 18.1 Å². The van der Waals surface area contributed by atoms with Crippen molar-refractivity contribution in [1.29, 1.82) is 0 Å². The first kappa shape index (κ1) is 73.6. The molecule has 460 valence electrons. The summed E-state index contributed by atoms with van der Waals surface area (Å²) in [6.07, 6.45) is 1.59. The standard InChI is InChI=1S/C30H47N9O6.C14H23N5O2.C8H17N3O3.CH5N/c1-18(2)26(17-36-29(44)38-23(16-33-27(32)42)13-21-6-10-25(41)11-7-21)39-30(45)34-14-19(3)37-28(43)35-15-22(31)12-20-4-8-24(40)9-5-20;1-10(8-17-13(16)20)19-14(21)18-9-12(15)7-11-5-3-2-4-6-11;1-5(3-10-7(13)4-12)11-8(14)6(2)9;1-2/h4-11,18-19,22-23,26,40-41H,12-17,31H2,1-3H3,(H3,32,33,42)(H2,34,39,45)(H2,35,37,43)(H2,36,38,44);2-6,10,12H,7-9,15H2,1H3,(H3,16,17,20)(H2,18,19,21);5-6,12H,3-4,9H2,1-2H3,(H,10,13)(H,11,14);2H2,1H3/t19-,22?,23-,26?;10-,12?;5?,6-;/m001./s1. The predicted molar refractivity (Wildman–Crippen MR) is 314 cm³/mol. The maximum Gasteiger partial charge on any atom is 0.315 e. The lowest BCUT2D eigenvalue weighted by Gasteiger charge is -2.25. The van der Waals surface area contributed by atoms with Crippen molar-refractivity contribution in [3.05, 3.63) is 95.6 Å². The number of benzene rings is 3. The molecule has 3 rings (SSSR count). The van der Waals surface area contributed by atoms with Crippen LogP contribution in [0.15, 0.2) is 78.9 Å². The molecule has 0 heterocycles. The zero-order chi connectivity index (χ0) is 62.2. The van der Waals surface area contributed by atoms with E-state index in [1.165, 1.54) is 19.2 Å². The monoisotopic (exact) mass is 1160 g/mol. The van der Waals surface area contributed by atoms with Gasteiger partial charge in [0.05, 0.1) is 18.1 Å². The molecule has 0 bridgehead atoms. The van der Waals surface area contributed by atoms with Crippen molar-refractivity contribution in [2.45, 2.75) is 109 Å². The van der Waals surface area contributed by atoms with Gasteiger partial charge in [-0.15, -0.1) is 0 Å². The highest BCUT2D eigenvalue weighted by atomic mass is 16.3. The third kappa shape index (κ3) is 38.3. The van der Waals surface area contributed by atoms with Gasteiger partial charge in [-0.1, -0.05) is 68.4 Å². The molecule has 0 spiro atoms. The number of hydrogen-bond donors (Lipinski definition) is 21. The van der Waals surface area contributed by atoms with Crippen molar-refractivity contribution in [2.75, 3.05) is 59.5 Å². The number of nitrogens with one attached hydrogen (secondary N) is 12. The van der Waals surface area contributed by atoms with Crippen LogP contribution in [0, 0.1) is 5.92 Å². The average molecular weight is 1160 g/mol. The van der Waals surface area contributed by atoms with E-state index >= 15 is 0 Å². The highest BCUT2D eigenvalue weighted by molar-refractivity contribution is 5.81. The molecular formula is C53H92N18O11. The van der Waals surface area contributed by atoms with Crippen LogP contribution in [0.3, 0.4) is 0 Å². The Morgan fingerprint density at radius 3 is 1.27 bits per heavy atom. The van der Waals surface area contributed by atoms with E-state index in [1.54, 1.807) is 64.1 Å². The number of primary amides is 2. The molecular weight excluding hydrogens is 1060 g/mol. The Morgan fingerprint density at radius 2 is 0.817 bits per heavy atom. The lowest BCUT2D eigenvalue weighted by atomic mass is 10.0. The van der Waals surface area contributed by atoms with Gasteiger partial charge in [0, 0.05) is 76.0 Å². The molecule has 82 heavy (non-hydrogen) atoms. The third-order valence-electron chi connectivity index (χ3n) is 11.2. The minimum absolute atomic E-state index is 0.0208. The van der Waals surface area contributed by atoms with Crippen molar-refractivity contribution < 1.29 is 53.7 Å². The van der Waals surface area contributed by atoms with Crippen LogP contribution in [0.2, 0.25) is 0 Å². The fourth-order valence-corrected chi connectivity index (χ4v) is 6.77. The quantitative estimate of drug-likeness (QED) is 0.0374. The van der Waals surface area contributed by atoms with Gasteiger partial charge in [0.25, 0.3) is 0 Å². The molecule has 0 saturated heterocycles. The average Bonchev–Trinajstić information content (AvgIpc) is 3.45. The summed E-state index contributed by atoms with van der Waals surface area (Å²) < 4.78 is 0. The minimum Gasteiger partial charge on any atom is -0.508 e. The van der Waals surface area contributed by atoms with Gasteiger partial charge >= 0.3 is 36.2 Å². The van der Waals surface area contributed by atoms with Crippen molar-refractivity contribution in [1.82, 2.24) is 63.8 Å². The summed E-state index contributed by atoms with van der Waals surface area (Å²) in [5, 5.41) is 59.2. The van der Waals surface area contributed by atoms with E-state index in [0.29, 0.717) is 25.8 Å². The second kappa shape index (κ2) is 42.5. The van der Waals surface area contributed by atoms with Crippen LogP contribution in [0.25, 0.3) is 0 Å². The topological polar surface area (TPSA) is 498 Å². The van der Waals surface area contributed by atoms with Gasteiger partial charge in [0.2, 0.25) is 11.8 Å². The molecule has 14 amide bonds. The molecule has 29 nitrogen and oxygen atoms in total. The molecule has 0 aliphatic rings. The fraction of sp³-hybridized carbons (Fsp3) is 0.509. The van der Waals surface area contributed by atoms with E-state index in [1.807, 2.05) is 44.2 Å². The van der Waals surface area contributed by atoms with Crippen molar-refractivity contribution in [3.8, 4) is 11.5 Å². The number of amides is 14. The Bertz CT molecular complexity index is 2320. The number of rotatable bonds is 28. The molecule has 0 aliphatic carbocycles. The lowest BCUT2D eigenvalue weighted by molar-refractivity contribution is -0.125. The Labute approximate surface area is 480 Å². The number of aliphatic hydroxyl groups excluding tert-OH is 1. The molecule has 0 fully saturated rings. The SMILES string of the molecule is CC(C)C(CNC(=O)N[C@H](CNC(N)=O)Cc1ccc(O)cc1)NC(=O)NC[C@H](C)NC(=O)NCC(N)Cc1ccc(O)cc1.CC(CNC(=O)CO)NC(=O)[C@@H](C)N.CN.C[C@@H](CNC(N)=O)NC(=O)NCC(N)Cc1ccccc1. The Morgan fingerprint density at radius 1 is 0.439 bits per heavy atom. The summed E-state index contributed by atoms with van der Waals surface area (Å²) in [7, 11) is 1.50. The summed E-state index contributed by atoms with van der Waals surface area (Å²) in [5.41, 5.74) is 34.9. The summed E-state index contributed by atoms with van der Waals surface area (Å²) in [6, 6.07) is 17.2. The molecule has 4 unspecified atom stereocenters. The second-order valence-electron chi connectivity index (χ2n) is 19.4. The van der Waals surface area contributed by atoms with E-state index in [2.05, 4.69) is 69.5 Å². The van der Waals surface area contributed by atoms with E-state index < -0.39 is 60.8 Å². The molecule has 3 aromatic carbocycles. The Kier molecular flexibility index (Phi) is 38.2. The van der Waals surface area contributed by atoms with Crippen LogP contribution in [-0.2, 0) is 28.9 Å². The minimum atomic E-state index is -0.723. The number of hydrogen-bond acceptors (Lipinski definition) is 15. The van der Waals surface area contributed by atoms with Crippen molar-refractivity contribution in [2.24, 2.45) is 40.3 Å². The zero-order valence-electron chi connectivity index (χ0n) is 48.1. The maximum atomic E-state index is 12.7. The van der Waals surface area contributed by atoms with Gasteiger partial charge in [0.15, 0.2) is 0 Å². The molecule has 8 atom stereocenters. The second-order valence-corrected chi connectivity index (χ2v) is 19.4. The highest BCUT2D eigenvalue weighted by Gasteiger charge is 2.21. The molecule has 0 aliphatic heterocycles. The summed E-state index contributed by atoms with van der Waals surface area (Å²) in [6.45, 7) is 11.6. The third-order valence-corrected chi connectivity index (χ3v) is 11.2. The number of phenols is 2. The summed E-state index contributed by atoms with van der Waals surface area (Å²) >= 11 is 0. The predicted octanol–water partition coefficient (Wildman–Crippen LogP) is -2.01. The van der Waals surface area contributed by atoms with E-state index in [4.69, 9.17) is 33.8 Å². The van der Waals surface area contributed by atoms with Crippen LogP contribution in [0.1, 0.15) is 58.2 Å². The number of nitrogens with two attached hydrogens (primary N) is 6. The molecule has 3 aromatic rings. The van der Waals surface area contributed by atoms with E-state index in [0.717, 1.165) is 16.7 Å². The van der Waals surface area contributed by atoms with Gasteiger partial charge in [-0.25, -0.2) is 28.8 Å². The smallest absolute Gasteiger partial charge is 0.315 e. The number of urea groups is 6. The molecule has 27 N–H and O–H groups in total. The van der Waals surface area contributed by atoms with Gasteiger partial charge in [-0.05, 0) is 101 Å². The number of carbonyl (C=O) groups excluding carboxylic acids is 8. The highest BCUT2D eigenvalue weighted by Crippen LogP contribution is 2.12. The fourth-order valence-electron chi connectivity index (χ4n) is 6.77. The Hall–Kier alpha value is -8.38. The molecule has 29 heteroatoms. The number of phenolic OH excluding ortho intramolecular Hbond substituents is 2. The first-order valence-corrected chi connectivity index (χ1v) is 26.6. The van der Waals surface area contributed by atoms with Crippen LogP contribution in [0.4, 0.5) is 28.8 Å².